The monoisotopic (exact) mass is 530 g/mol. The Bertz CT molecular complexity index is 1470. The third-order valence-electron chi connectivity index (χ3n) is 8.18. The number of aliphatic hydroxyl groups is 1. The summed E-state index contributed by atoms with van der Waals surface area (Å²) in [6, 6.07) is 9.34. The molecule has 1 aromatic carbocycles. The molecule has 4 aromatic rings. The first-order valence-electron chi connectivity index (χ1n) is 13.2. The van der Waals surface area contributed by atoms with Crippen molar-refractivity contribution in [3.63, 3.8) is 0 Å². The second-order valence-electron chi connectivity index (χ2n) is 10.8. The van der Waals surface area contributed by atoms with Crippen LogP contribution in [0, 0.1) is 17.0 Å². The fourth-order valence-corrected chi connectivity index (χ4v) is 5.63. The van der Waals surface area contributed by atoms with E-state index in [2.05, 4.69) is 53.2 Å². The third-order valence-corrected chi connectivity index (χ3v) is 8.18. The molecule has 5 rings (SSSR count). The molecule has 0 radical (unpaired) electrons. The Kier molecular flexibility index (Phi) is 7.11. The predicted molar refractivity (Wildman–Crippen MR) is 146 cm³/mol. The van der Waals surface area contributed by atoms with Crippen LogP contribution in [0.3, 0.4) is 0 Å². The minimum absolute atomic E-state index is 0.0191. The number of hydrogen-bond acceptors (Lipinski definition) is 7. The number of nitrogens with one attached hydrogen (secondary N) is 1. The standard InChI is InChI=1S/C30H32F2N6O/c1-5-18-14-29(2,3)30(4,28-20(18)13-23(37-38-28)27-21(31)7-6-8-22(27)32)25-17-33-16-24(36-25)19-9-10-26(35-15-19)34-11-12-39/h6-10,13,15-18,39H,5,11-12,14H2,1-4H3,(H,34,35)/t18-,30+/m1/s1. The molecule has 9 heteroatoms. The first-order valence-corrected chi connectivity index (χ1v) is 13.2. The number of halogens is 2. The lowest BCUT2D eigenvalue weighted by Crippen LogP contribution is -2.47. The van der Waals surface area contributed by atoms with E-state index in [0.717, 1.165) is 35.4 Å². The lowest BCUT2D eigenvalue weighted by molar-refractivity contribution is 0.152. The summed E-state index contributed by atoms with van der Waals surface area (Å²) in [4.78, 5) is 14.0. The van der Waals surface area contributed by atoms with Gasteiger partial charge in [-0.2, -0.15) is 5.10 Å². The van der Waals surface area contributed by atoms with E-state index in [9.17, 15) is 8.78 Å². The molecule has 0 bridgehead atoms. The number of rotatable bonds is 7. The number of aromatic nitrogens is 5. The Morgan fingerprint density at radius 1 is 1.00 bits per heavy atom. The molecule has 3 heterocycles. The number of hydrogen-bond donors (Lipinski definition) is 2. The Morgan fingerprint density at radius 2 is 1.77 bits per heavy atom. The minimum atomic E-state index is -0.674. The van der Waals surface area contributed by atoms with Gasteiger partial charge in [-0.05, 0) is 67.0 Å². The van der Waals surface area contributed by atoms with Crippen molar-refractivity contribution in [2.45, 2.75) is 51.9 Å². The molecule has 0 spiro atoms. The summed E-state index contributed by atoms with van der Waals surface area (Å²) < 4.78 is 29.3. The van der Waals surface area contributed by atoms with Gasteiger partial charge in [0.15, 0.2) is 0 Å². The van der Waals surface area contributed by atoms with E-state index in [0.29, 0.717) is 18.1 Å². The van der Waals surface area contributed by atoms with Crippen molar-refractivity contribution in [3.05, 3.63) is 83.6 Å². The first-order chi connectivity index (χ1) is 18.7. The SMILES string of the molecule is CC[C@@H]1CC(C)(C)[C@@](C)(c2cncc(-c3ccc(NCCO)nc3)n2)c2nnc(-c3c(F)cccc3F)cc21. The van der Waals surface area contributed by atoms with Crippen LogP contribution in [0.5, 0.6) is 0 Å². The van der Waals surface area contributed by atoms with Crippen LogP contribution in [-0.4, -0.2) is 43.4 Å². The summed E-state index contributed by atoms with van der Waals surface area (Å²) in [5, 5.41) is 21.1. The van der Waals surface area contributed by atoms with E-state index in [1.807, 2.05) is 12.1 Å². The van der Waals surface area contributed by atoms with Crippen molar-refractivity contribution >= 4 is 5.82 Å². The maximum Gasteiger partial charge on any atom is 0.135 e. The van der Waals surface area contributed by atoms with Gasteiger partial charge in [-0.1, -0.05) is 26.8 Å². The molecule has 0 aliphatic heterocycles. The normalized spacial score (nSPS) is 19.9. The van der Waals surface area contributed by atoms with E-state index in [1.54, 1.807) is 24.7 Å². The lowest BCUT2D eigenvalue weighted by Gasteiger charge is -2.50. The summed E-state index contributed by atoms with van der Waals surface area (Å²) in [6.07, 6.45) is 6.87. The minimum Gasteiger partial charge on any atom is -0.395 e. The lowest BCUT2D eigenvalue weighted by atomic mass is 9.54. The van der Waals surface area contributed by atoms with E-state index >= 15 is 0 Å². The molecule has 1 aliphatic carbocycles. The number of benzene rings is 1. The molecule has 0 amide bonds. The summed E-state index contributed by atoms with van der Waals surface area (Å²) in [6.45, 7) is 9.04. The zero-order chi connectivity index (χ0) is 27.8. The maximum atomic E-state index is 14.6. The molecule has 0 unspecified atom stereocenters. The highest BCUT2D eigenvalue weighted by Crippen LogP contribution is 2.56. The van der Waals surface area contributed by atoms with Crippen molar-refractivity contribution in [2.24, 2.45) is 5.41 Å². The van der Waals surface area contributed by atoms with E-state index in [4.69, 9.17) is 10.1 Å². The zero-order valence-electron chi connectivity index (χ0n) is 22.5. The molecule has 2 atom stereocenters. The number of pyridine rings is 1. The number of nitrogens with zero attached hydrogens (tertiary/aromatic N) is 5. The fourth-order valence-electron chi connectivity index (χ4n) is 5.63. The smallest absolute Gasteiger partial charge is 0.135 e. The van der Waals surface area contributed by atoms with Gasteiger partial charge in [-0.3, -0.25) is 4.98 Å². The molecule has 3 aromatic heterocycles. The summed E-state index contributed by atoms with van der Waals surface area (Å²) >= 11 is 0. The van der Waals surface area contributed by atoms with Crippen molar-refractivity contribution < 1.29 is 13.9 Å². The molecular weight excluding hydrogens is 498 g/mol. The van der Waals surface area contributed by atoms with Gasteiger partial charge in [0.25, 0.3) is 0 Å². The first kappa shape index (κ1) is 26.7. The van der Waals surface area contributed by atoms with Gasteiger partial charge in [0.05, 0.1) is 46.6 Å². The van der Waals surface area contributed by atoms with Crippen molar-refractivity contribution in [3.8, 4) is 22.5 Å². The second kappa shape index (κ2) is 10.4. The van der Waals surface area contributed by atoms with Gasteiger partial charge >= 0.3 is 0 Å². The Labute approximate surface area is 226 Å². The van der Waals surface area contributed by atoms with Crippen LogP contribution in [0.4, 0.5) is 14.6 Å². The van der Waals surface area contributed by atoms with Crippen LogP contribution in [0.1, 0.15) is 63.4 Å². The molecular formula is C30H32F2N6O. The average Bonchev–Trinajstić information content (AvgIpc) is 2.94. The van der Waals surface area contributed by atoms with Gasteiger partial charge in [0.2, 0.25) is 0 Å². The van der Waals surface area contributed by atoms with Crippen LogP contribution >= 0.6 is 0 Å². The number of fused-ring (bicyclic) bond motifs is 1. The van der Waals surface area contributed by atoms with Crippen LogP contribution in [0.15, 0.2) is 55.0 Å². The Hall–Kier alpha value is -3.85. The number of aliphatic hydroxyl groups excluding tert-OH is 1. The summed E-state index contributed by atoms with van der Waals surface area (Å²) in [7, 11) is 0. The van der Waals surface area contributed by atoms with Crippen molar-refractivity contribution in [2.75, 3.05) is 18.5 Å². The highest BCUT2D eigenvalue weighted by molar-refractivity contribution is 5.63. The third kappa shape index (κ3) is 4.65. The van der Waals surface area contributed by atoms with E-state index in [-0.39, 0.29) is 29.2 Å². The van der Waals surface area contributed by atoms with Crippen molar-refractivity contribution in [1.82, 2.24) is 25.1 Å². The molecule has 0 saturated heterocycles. The van der Waals surface area contributed by atoms with Gasteiger partial charge in [-0.25, -0.2) is 18.7 Å². The molecule has 7 nitrogen and oxygen atoms in total. The van der Waals surface area contributed by atoms with Gasteiger partial charge in [0, 0.05) is 24.5 Å². The molecule has 0 fully saturated rings. The predicted octanol–water partition coefficient (Wildman–Crippen LogP) is 5.91. The average molecular weight is 531 g/mol. The maximum absolute atomic E-state index is 14.6. The highest BCUT2D eigenvalue weighted by Gasteiger charge is 2.52. The summed E-state index contributed by atoms with van der Waals surface area (Å²) in [5.41, 5.74) is 2.96. The molecule has 202 valence electrons. The van der Waals surface area contributed by atoms with Crippen LogP contribution in [-0.2, 0) is 5.41 Å². The molecule has 2 N–H and O–H groups in total. The molecule has 39 heavy (non-hydrogen) atoms. The summed E-state index contributed by atoms with van der Waals surface area (Å²) in [5.74, 6) is -0.525. The van der Waals surface area contributed by atoms with E-state index in [1.165, 1.54) is 18.2 Å². The van der Waals surface area contributed by atoms with Gasteiger partial charge in [-0.15, -0.1) is 5.10 Å². The molecule has 1 aliphatic rings. The van der Waals surface area contributed by atoms with Crippen LogP contribution in [0.25, 0.3) is 22.5 Å². The Morgan fingerprint density at radius 3 is 2.44 bits per heavy atom. The quantitative estimate of drug-likeness (QED) is 0.307. The fraction of sp³-hybridized carbons (Fsp3) is 0.367. The van der Waals surface area contributed by atoms with Crippen LogP contribution < -0.4 is 5.32 Å². The van der Waals surface area contributed by atoms with Crippen molar-refractivity contribution in [1.29, 1.82) is 0 Å². The largest absolute Gasteiger partial charge is 0.395 e. The van der Waals surface area contributed by atoms with Crippen LogP contribution in [0.2, 0.25) is 0 Å². The van der Waals surface area contributed by atoms with E-state index < -0.39 is 17.0 Å². The number of anilines is 1. The highest BCUT2D eigenvalue weighted by atomic mass is 19.1. The molecule has 0 saturated carbocycles. The Balaban J connectivity index is 1.62. The second-order valence-corrected chi connectivity index (χ2v) is 10.8. The van der Waals surface area contributed by atoms with Gasteiger partial charge < -0.3 is 10.4 Å². The zero-order valence-corrected chi connectivity index (χ0v) is 22.5. The topological polar surface area (TPSA) is 96.7 Å². The van der Waals surface area contributed by atoms with Gasteiger partial charge in [0.1, 0.15) is 17.5 Å².